The van der Waals surface area contributed by atoms with Crippen molar-refractivity contribution in [2.24, 2.45) is 0 Å². The number of amides is 1. The number of carboxylic acid groups (broad SMARTS) is 1. The Balaban J connectivity index is 1.86. The number of carbonyl (C=O) groups excluding carboxylic acids is 1. The third kappa shape index (κ3) is 2.86. The first kappa shape index (κ1) is 17.3. The second kappa shape index (κ2) is 6.58. The number of hydrogen-bond acceptors (Lipinski definition) is 7. The predicted octanol–water partition coefficient (Wildman–Crippen LogP) is 1.82. The van der Waals surface area contributed by atoms with E-state index in [9.17, 15) is 14.7 Å². The highest BCUT2D eigenvalue weighted by atomic mass is 16.4. The van der Waals surface area contributed by atoms with Crippen LogP contribution in [0, 0.1) is 0 Å². The van der Waals surface area contributed by atoms with Crippen molar-refractivity contribution in [2.45, 2.75) is 0 Å². The molecule has 0 bridgehead atoms. The number of anilines is 2. The van der Waals surface area contributed by atoms with Gasteiger partial charge in [-0.05, 0) is 24.3 Å². The van der Waals surface area contributed by atoms with E-state index in [0.717, 1.165) is 0 Å². The fraction of sp³-hybridized carbons (Fsp3) is 0.111. The molecule has 1 amide bonds. The number of benzene rings is 1. The third-order valence-corrected chi connectivity index (χ3v) is 4.13. The Bertz CT molecular complexity index is 1230. The van der Waals surface area contributed by atoms with Gasteiger partial charge in [-0.25, -0.2) is 9.78 Å². The minimum atomic E-state index is -1.23. The van der Waals surface area contributed by atoms with Crippen LogP contribution in [0.1, 0.15) is 20.8 Å². The predicted molar refractivity (Wildman–Crippen MR) is 101 cm³/mol. The number of aromatic carboxylic acids is 1. The van der Waals surface area contributed by atoms with Gasteiger partial charge in [0, 0.05) is 36.9 Å². The number of pyridine rings is 1. The molecule has 0 atom stereocenters. The lowest BCUT2D eigenvalue weighted by Crippen LogP contribution is -2.21. The summed E-state index contributed by atoms with van der Waals surface area (Å²) in [4.78, 5) is 33.6. The summed E-state index contributed by atoms with van der Waals surface area (Å²) >= 11 is 0. The van der Waals surface area contributed by atoms with Crippen molar-refractivity contribution in [3.05, 3.63) is 54.0 Å². The van der Waals surface area contributed by atoms with Crippen LogP contribution in [0.2, 0.25) is 0 Å². The van der Waals surface area contributed by atoms with E-state index >= 15 is 0 Å². The summed E-state index contributed by atoms with van der Waals surface area (Å²) in [5, 5.41) is 20.7. The molecule has 28 heavy (non-hydrogen) atoms. The van der Waals surface area contributed by atoms with Gasteiger partial charge in [-0.15, -0.1) is 5.10 Å². The minimum absolute atomic E-state index is 0.0935. The lowest BCUT2D eigenvalue weighted by atomic mass is 10.1. The largest absolute Gasteiger partial charge is 0.476 e. The summed E-state index contributed by atoms with van der Waals surface area (Å²) in [6.45, 7) is 0. The number of rotatable bonds is 4. The molecule has 4 aromatic rings. The van der Waals surface area contributed by atoms with E-state index in [1.807, 2.05) is 0 Å². The molecule has 10 heteroatoms. The molecule has 10 nitrogen and oxygen atoms in total. The molecule has 0 aliphatic carbocycles. The molecule has 1 aromatic carbocycles. The molecule has 3 aromatic heterocycles. The molecule has 0 saturated heterocycles. The molecule has 4 rings (SSSR count). The standard InChI is InChI=1S/C18H15N7O3/c1-24(2)17(26)10-4-3-5-11(8-10)20-15-12-6-7-19-9-13(12)25-16(21-15)14(18(27)28)22-23-25/h3-9H,1-2H3,(H,20,21)(H,27,28). The summed E-state index contributed by atoms with van der Waals surface area (Å²) in [5.74, 6) is -0.950. The van der Waals surface area contributed by atoms with E-state index in [0.29, 0.717) is 28.0 Å². The van der Waals surface area contributed by atoms with Crippen LogP contribution in [0.3, 0.4) is 0 Å². The number of carbonyl (C=O) groups is 2. The number of hydrogen-bond donors (Lipinski definition) is 2. The summed E-state index contributed by atoms with van der Waals surface area (Å²) in [5.41, 5.74) is 1.53. The summed E-state index contributed by atoms with van der Waals surface area (Å²) < 4.78 is 1.34. The maximum atomic E-state index is 12.2. The molecule has 2 N–H and O–H groups in total. The second-order valence-electron chi connectivity index (χ2n) is 6.24. The number of fused-ring (bicyclic) bond motifs is 3. The molecule has 0 spiro atoms. The first-order valence-electron chi connectivity index (χ1n) is 8.27. The number of nitrogens with one attached hydrogen (secondary N) is 1. The molecule has 140 valence electrons. The molecule has 0 fully saturated rings. The molecular formula is C18H15N7O3. The topological polar surface area (TPSA) is 126 Å². The Labute approximate surface area is 158 Å². The van der Waals surface area contributed by atoms with Gasteiger partial charge in [-0.3, -0.25) is 9.78 Å². The van der Waals surface area contributed by atoms with Gasteiger partial charge in [0.1, 0.15) is 5.82 Å². The Morgan fingerprint density at radius 1 is 1.21 bits per heavy atom. The molecule has 3 heterocycles. The van der Waals surface area contributed by atoms with Gasteiger partial charge in [-0.1, -0.05) is 11.3 Å². The highest BCUT2D eigenvalue weighted by molar-refractivity contribution is 5.98. The van der Waals surface area contributed by atoms with Gasteiger partial charge in [-0.2, -0.15) is 4.52 Å². The Morgan fingerprint density at radius 2 is 2.04 bits per heavy atom. The van der Waals surface area contributed by atoms with Crippen LogP contribution in [-0.4, -0.2) is 60.8 Å². The van der Waals surface area contributed by atoms with Crippen LogP contribution in [0.5, 0.6) is 0 Å². The maximum absolute atomic E-state index is 12.2. The molecular weight excluding hydrogens is 362 g/mol. The smallest absolute Gasteiger partial charge is 0.360 e. The first-order chi connectivity index (χ1) is 13.5. The van der Waals surface area contributed by atoms with Crippen LogP contribution in [0.15, 0.2) is 42.7 Å². The van der Waals surface area contributed by atoms with E-state index in [-0.39, 0.29) is 17.2 Å². The van der Waals surface area contributed by atoms with E-state index < -0.39 is 5.97 Å². The Kier molecular flexibility index (Phi) is 4.07. The zero-order chi connectivity index (χ0) is 19.8. The molecule has 0 radical (unpaired) electrons. The lowest BCUT2D eigenvalue weighted by molar-refractivity contribution is 0.0691. The third-order valence-electron chi connectivity index (χ3n) is 4.13. The van der Waals surface area contributed by atoms with E-state index in [1.165, 1.54) is 9.42 Å². The fourth-order valence-corrected chi connectivity index (χ4v) is 2.82. The number of carboxylic acids is 1. The first-order valence-corrected chi connectivity index (χ1v) is 8.27. The molecule has 0 unspecified atom stereocenters. The van der Waals surface area contributed by atoms with Gasteiger partial charge in [0.15, 0.2) is 5.65 Å². The average Bonchev–Trinajstić information content (AvgIpc) is 3.12. The lowest BCUT2D eigenvalue weighted by Gasteiger charge is -2.13. The summed E-state index contributed by atoms with van der Waals surface area (Å²) in [6, 6.07) is 8.70. The normalized spacial score (nSPS) is 10.9. The van der Waals surface area contributed by atoms with Crippen molar-refractivity contribution >= 4 is 39.9 Å². The summed E-state index contributed by atoms with van der Waals surface area (Å²) in [6.07, 6.45) is 3.16. The highest BCUT2D eigenvalue weighted by Crippen LogP contribution is 2.26. The molecule has 0 aliphatic heterocycles. The van der Waals surface area contributed by atoms with Crippen LogP contribution < -0.4 is 5.32 Å². The second-order valence-corrected chi connectivity index (χ2v) is 6.24. The number of nitrogens with zero attached hydrogens (tertiary/aromatic N) is 6. The Hall–Kier alpha value is -4.08. The van der Waals surface area contributed by atoms with E-state index in [4.69, 9.17) is 0 Å². The van der Waals surface area contributed by atoms with Crippen LogP contribution in [0.4, 0.5) is 11.5 Å². The zero-order valence-corrected chi connectivity index (χ0v) is 15.0. The van der Waals surface area contributed by atoms with Crippen molar-refractivity contribution in [1.82, 2.24) is 29.7 Å². The SMILES string of the molecule is CN(C)C(=O)c1cccc(Nc2nc3c(C(=O)O)nnn3c3cnccc23)c1. The fourth-order valence-electron chi connectivity index (χ4n) is 2.82. The van der Waals surface area contributed by atoms with E-state index in [2.05, 4.69) is 25.6 Å². The van der Waals surface area contributed by atoms with Gasteiger partial charge < -0.3 is 15.3 Å². The van der Waals surface area contributed by atoms with Gasteiger partial charge in [0.05, 0.1) is 11.7 Å². The monoisotopic (exact) mass is 377 g/mol. The van der Waals surface area contributed by atoms with Crippen molar-refractivity contribution in [3.8, 4) is 0 Å². The molecule has 0 saturated carbocycles. The van der Waals surface area contributed by atoms with Crippen molar-refractivity contribution in [3.63, 3.8) is 0 Å². The maximum Gasteiger partial charge on any atom is 0.360 e. The minimum Gasteiger partial charge on any atom is -0.476 e. The van der Waals surface area contributed by atoms with Crippen LogP contribution in [0.25, 0.3) is 16.6 Å². The summed E-state index contributed by atoms with van der Waals surface area (Å²) in [7, 11) is 3.36. The average molecular weight is 377 g/mol. The quantitative estimate of drug-likeness (QED) is 0.551. The molecule has 0 aliphatic rings. The van der Waals surface area contributed by atoms with E-state index in [1.54, 1.807) is 56.8 Å². The highest BCUT2D eigenvalue weighted by Gasteiger charge is 2.19. The van der Waals surface area contributed by atoms with Gasteiger partial charge in [0.25, 0.3) is 5.91 Å². The van der Waals surface area contributed by atoms with Crippen LogP contribution >= 0.6 is 0 Å². The van der Waals surface area contributed by atoms with Crippen molar-refractivity contribution in [1.29, 1.82) is 0 Å². The van der Waals surface area contributed by atoms with Crippen molar-refractivity contribution in [2.75, 3.05) is 19.4 Å². The van der Waals surface area contributed by atoms with Crippen LogP contribution in [-0.2, 0) is 0 Å². The van der Waals surface area contributed by atoms with Crippen molar-refractivity contribution < 1.29 is 14.7 Å². The zero-order valence-electron chi connectivity index (χ0n) is 15.0. The number of aromatic nitrogens is 5. The Morgan fingerprint density at radius 3 is 2.79 bits per heavy atom. The van der Waals surface area contributed by atoms with Gasteiger partial charge in [0.2, 0.25) is 5.69 Å². The van der Waals surface area contributed by atoms with Gasteiger partial charge >= 0.3 is 5.97 Å².